The molecule has 1 aromatic rings. The molecule has 1 N–H and O–H groups in total. The largest absolute Gasteiger partial charge is 0.348 e. The van der Waals surface area contributed by atoms with E-state index in [1.54, 1.807) is 36.9 Å². The topological polar surface area (TPSA) is 71.4 Å². The maximum absolute atomic E-state index is 12.1. The number of amides is 3. The first-order valence-corrected chi connectivity index (χ1v) is 6.17. The average Bonchev–Trinajstić information content (AvgIpc) is 2.88. The molecule has 19 heavy (non-hydrogen) atoms. The van der Waals surface area contributed by atoms with Gasteiger partial charge in [0.25, 0.3) is 5.91 Å². The van der Waals surface area contributed by atoms with Gasteiger partial charge in [-0.1, -0.05) is 6.92 Å². The molecular weight excluding hydrogens is 246 g/mol. The summed E-state index contributed by atoms with van der Waals surface area (Å²) in [6.07, 6.45) is 2.24. The van der Waals surface area contributed by atoms with Crippen molar-refractivity contribution >= 4 is 17.7 Å². The molecule has 1 fully saturated rings. The Bertz CT molecular complexity index is 549. The van der Waals surface area contributed by atoms with Gasteiger partial charge in [0, 0.05) is 13.2 Å². The molecule has 1 aromatic heterocycles. The highest BCUT2D eigenvalue weighted by Crippen LogP contribution is 2.21. The van der Waals surface area contributed by atoms with Crippen LogP contribution in [0.2, 0.25) is 0 Å². The normalized spacial score (nSPS) is 22.8. The molecule has 1 unspecified atom stereocenters. The molecular formula is C13H17N3O3. The zero-order valence-corrected chi connectivity index (χ0v) is 11.3. The van der Waals surface area contributed by atoms with Crippen LogP contribution in [0.3, 0.4) is 0 Å². The lowest BCUT2D eigenvalue weighted by Crippen LogP contribution is -2.43. The summed E-state index contributed by atoms with van der Waals surface area (Å²) in [6.45, 7) is 3.26. The van der Waals surface area contributed by atoms with Crippen molar-refractivity contribution in [1.82, 2.24) is 14.8 Å². The number of rotatable bonds is 4. The molecule has 2 heterocycles. The van der Waals surface area contributed by atoms with Crippen molar-refractivity contribution in [3.8, 4) is 0 Å². The molecule has 1 aliphatic heterocycles. The molecule has 0 bridgehead atoms. The lowest BCUT2D eigenvalue weighted by atomic mass is 9.99. The second kappa shape index (κ2) is 4.53. The zero-order chi connectivity index (χ0) is 14.2. The maximum atomic E-state index is 12.1. The van der Waals surface area contributed by atoms with Crippen LogP contribution in [0, 0.1) is 0 Å². The van der Waals surface area contributed by atoms with E-state index in [1.165, 1.54) is 0 Å². The lowest BCUT2D eigenvalue weighted by molar-refractivity contribution is -0.130. The van der Waals surface area contributed by atoms with E-state index in [1.807, 2.05) is 6.92 Å². The third-order valence-corrected chi connectivity index (χ3v) is 3.58. The second-order valence-corrected chi connectivity index (χ2v) is 4.93. The summed E-state index contributed by atoms with van der Waals surface area (Å²) in [7, 11) is 1.75. The maximum Gasteiger partial charge on any atom is 0.325 e. The Kier molecular flexibility index (Phi) is 3.18. The fourth-order valence-corrected chi connectivity index (χ4v) is 2.11. The standard InChI is InChI=1S/C13H17N3O3/c1-4-13(2)11(18)16(12(19)14-13)8-10(17)9-6-5-7-15(9)3/h5-7H,4,8H2,1-3H3,(H,14,19). The Morgan fingerprint density at radius 2 is 2.11 bits per heavy atom. The van der Waals surface area contributed by atoms with Gasteiger partial charge in [0.05, 0.1) is 12.2 Å². The van der Waals surface area contributed by atoms with E-state index in [2.05, 4.69) is 5.32 Å². The van der Waals surface area contributed by atoms with E-state index in [0.29, 0.717) is 12.1 Å². The molecule has 0 aliphatic carbocycles. The quantitative estimate of drug-likeness (QED) is 0.649. The summed E-state index contributed by atoms with van der Waals surface area (Å²) in [4.78, 5) is 37.0. The van der Waals surface area contributed by atoms with Crippen molar-refractivity contribution in [2.24, 2.45) is 7.05 Å². The molecule has 3 amide bonds. The number of hydrogen-bond donors (Lipinski definition) is 1. The monoisotopic (exact) mass is 263 g/mol. The molecule has 0 radical (unpaired) electrons. The number of carbonyl (C=O) groups excluding carboxylic acids is 3. The van der Waals surface area contributed by atoms with E-state index >= 15 is 0 Å². The van der Waals surface area contributed by atoms with Gasteiger partial charge in [-0.05, 0) is 25.5 Å². The highest BCUT2D eigenvalue weighted by atomic mass is 16.2. The molecule has 0 spiro atoms. The third kappa shape index (κ3) is 2.14. The number of nitrogens with zero attached hydrogens (tertiary/aromatic N) is 2. The van der Waals surface area contributed by atoms with Crippen LogP contribution in [0.15, 0.2) is 18.3 Å². The number of nitrogens with one attached hydrogen (secondary N) is 1. The number of ketones is 1. The van der Waals surface area contributed by atoms with Gasteiger partial charge in [-0.3, -0.25) is 14.5 Å². The van der Waals surface area contributed by atoms with Crippen molar-refractivity contribution in [3.05, 3.63) is 24.0 Å². The molecule has 1 saturated heterocycles. The fraction of sp³-hybridized carbons (Fsp3) is 0.462. The number of imide groups is 1. The van der Waals surface area contributed by atoms with Crippen molar-refractivity contribution < 1.29 is 14.4 Å². The molecule has 6 heteroatoms. The van der Waals surface area contributed by atoms with Gasteiger partial charge >= 0.3 is 6.03 Å². The van der Waals surface area contributed by atoms with Gasteiger partial charge in [-0.25, -0.2) is 4.79 Å². The van der Waals surface area contributed by atoms with E-state index in [-0.39, 0.29) is 18.2 Å². The van der Waals surface area contributed by atoms with Crippen LogP contribution in [-0.2, 0) is 11.8 Å². The van der Waals surface area contributed by atoms with Crippen LogP contribution in [0.25, 0.3) is 0 Å². The average molecular weight is 263 g/mol. The van der Waals surface area contributed by atoms with Gasteiger partial charge in [0.2, 0.25) is 0 Å². The fourth-order valence-electron chi connectivity index (χ4n) is 2.11. The summed E-state index contributed by atoms with van der Waals surface area (Å²) in [6, 6.07) is 2.91. The summed E-state index contributed by atoms with van der Waals surface area (Å²) < 4.78 is 1.67. The van der Waals surface area contributed by atoms with Gasteiger partial charge < -0.3 is 9.88 Å². The third-order valence-electron chi connectivity index (χ3n) is 3.58. The number of urea groups is 1. The van der Waals surface area contributed by atoms with Crippen molar-refractivity contribution in [2.45, 2.75) is 25.8 Å². The van der Waals surface area contributed by atoms with Crippen molar-refractivity contribution in [1.29, 1.82) is 0 Å². The molecule has 2 rings (SSSR count). The van der Waals surface area contributed by atoms with Gasteiger partial charge in [-0.2, -0.15) is 0 Å². The first-order chi connectivity index (χ1) is 8.89. The SMILES string of the molecule is CCC1(C)NC(=O)N(CC(=O)c2cccn2C)C1=O. The Morgan fingerprint density at radius 3 is 2.58 bits per heavy atom. The summed E-state index contributed by atoms with van der Waals surface area (Å²) in [5.41, 5.74) is -0.420. The highest BCUT2D eigenvalue weighted by molar-refractivity contribution is 6.10. The Morgan fingerprint density at radius 1 is 1.42 bits per heavy atom. The van der Waals surface area contributed by atoms with Gasteiger partial charge in [-0.15, -0.1) is 0 Å². The second-order valence-electron chi connectivity index (χ2n) is 4.93. The van der Waals surface area contributed by atoms with Crippen LogP contribution in [0.5, 0.6) is 0 Å². The first kappa shape index (κ1) is 13.3. The number of hydrogen-bond acceptors (Lipinski definition) is 3. The summed E-state index contributed by atoms with van der Waals surface area (Å²) in [5, 5.41) is 2.62. The van der Waals surface area contributed by atoms with Crippen LogP contribution in [-0.4, -0.2) is 39.3 Å². The van der Waals surface area contributed by atoms with E-state index in [9.17, 15) is 14.4 Å². The van der Waals surface area contributed by atoms with Crippen LogP contribution < -0.4 is 5.32 Å². The lowest BCUT2D eigenvalue weighted by Gasteiger charge is -2.19. The van der Waals surface area contributed by atoms with E-state index in [0.717, 1.165) is 4.90 Å². The predicted molar refractivity (Wildman–Crippen MR) is 68.7 cm³/mol. The molecule has 0 aromatic carbocycles. The van der Waals surface area contributed by atoms with E-state index in [4.69, 9.17) is 0 Å². The predicted octanol–water partition coefficient (Wildman–Crippen LogP) is 0.928. The van der Waals surface area contributed by atoms with Gasteiger partial charge in [0.1, 0.15) is 5.54 Å². The molecule has 1 aliphatic rings. The van der Waals surface area contributed by atoms with Crippen molar-refractivity contribution in [2.75, 3.05) is 6.54 Å². The minimum Gasteiger partial charge on any atom is -0.348 e. The molecule has 1 atom stereocenters. The first-order valence-electron chi connectivity index (χ1n) is 6.17. The Labute approximate surface area is 111 Å². The number of aryl methyl sites for hydroxylation is 1. The Balaban J connectivity index is 2.16. The minimum atomic E-state index is -0.897. The minimum absolute atomic E-state index is 0.224. The summed E-state index contributed by atoms with van der Waals surface area (Å²) >= 11 is 0. The van der Waals surface area contributed by atoms with Gasteiger partial charge in [0.15, 0.2) is 5.78 Å². The van der Waals surface area contributed by atoms with E-state index < -0.39 is 11.6 Å². The smallest absolute Gasteiger partial charge is 0.325 e. The highest BCUT2D eigenvalue weighted by Gasteiger charge is 2.47. The molecule has 0 saturated carbocycles. The summed E-state index contributed by atoms with van der Waals surface area (Å²) in [5.74, 6) is -0.598. The number of carbonyl (C=O) groups is 3. The Hall–Kier alpha value is -2.11. The number of Topliss-reactive ketones (excluding diaryl/α,β-unsaturated/α-hetero) is 1. The van der Waals surface area contributed by atoms with Crippen molar-refractivity contribution in [3.63, 3.8) is 0 Å². The molecule has 102 valence electrons. The number of aromatic nitrogens is 1. The van der Waals surface area contributed by atoms with Crippen LogP contribution in [0.4, 0.5) is 4.79 Å². The van der Waals surface area contributed by atoms with Crippen LogP contribution >= 0.6 is 0 Å². The van der Waals surface area contributed by atoms with Crippen LogP contribution in [0.1, 0.15) is 30.8 Å². The molecule has 6 nitrogen and oxygen atoms in total. The zero-order valence-electron chi connectivity index (χ0n) is 11.3.